The molecule has 1 aliphatic carbocycles. The van der Waals surface area contributed by atoms with Crippen LogP contribution in [0.1, 0.15) is 151 Å². The largest absolute Gasteiger partial charge is 0.460 e. The third-order valence-electron chi connectivity index (χ3n) is 14.6. The SMILES string of the molecule is C=CC[C@@H]1/C=C(\C)C[C@H](C)C[C@H](OC)[C@H]2O[C@@](O)(C(=O)C(=O)N3CCCC[C@H]3C(=O)OC(/C(C)=C/[C@@H]3CC[C@@H](OC(=O)CCCCCCC)[C@H](OC)C3)[C@H](C)[C@@H](O)CC1=O)[C@H](C)C[C@@H]2OC. The number of esters is 2. The molecule has 66 heavy (non-hydrogen) atoms. The number of ketones is 2. The fourth-order valence-electron chi connectivity index (χ4n) is 10.6. The lowest BCUT2D eigenvalue weighted by molar-refractivity contribution is -0.302. The maximum atomic E-state index is 14.5. The van der Waals surface area contributed by atoms with Gasteiger partial charge in [-0.3, -0.25) is 19.2 Å². The minimum atomic E-state index is -2.53. The first-order valence-electron chi connectivity index (χ1n) is 24.8. The number of carbonyl (C=O) groups is 5. The lowest BCUT2D eigenvalue weighted by atomic mass is 9.81. The van der Waals surface area contributed by atoms with Crippen molar-refractivity contribution < 1.29 is 62.6 Å². The van der Waals surface area contributed by atoms with Crippen molar-refractivity contribution in [3.63, 3.8) is 0 Å². The summed E-state index contributed by atoms with van der Waals surface area (Å²) < 4.78 is 36.2. The van der Waals surface area contributed by atoms with E-state index < -0.39 is 83.9 Å². The van der Waals surface area contributed by atoms with Gasteiger partial charge in [0.15, 0.2) is 0 Å². The average Bonchev–Trinajstić information content (AvgIpc) is 3.29. The Balaban J connectivity index is 1.69. The zero-order valence-electron chi connectivity index (χ0n) is 41.5. The van der Waals surface area contributed by atoms with Crippen molar-refractivity contribution >= 4 is 29.4 Å². The molecular weight excluding hydrogens is 847 g/mol. The molecule has 0 spiro atoms. The number of fused-ring (bicyclic) bond motifs is 3. The predicted octanol–water partition coefficient (Wildman–Crippen LogP) is 7.55. The van der Waals surface area contributed by atoms with Crippen molar-refractivity contribution in [1.29, 1.82) is 0 Å². The molecule has 1 unspecified atom stereocenters. The topological polar surface area (TPSA) is 184 Å². The van der Waals surface area contributed by atoms with Crippen LogP contribution in [0, 0.1) is 29.6 Å². The van der Waals surface area contributed by atoms with E-state index in [1.165, 1.54) is 19.1 Å². The second-order valence-electron chi connectivity index (χ2n) is 19.9. The third-order valence-corrected chi connectivity index (χ3v) is 14.6. The molecule has 3 heterocycles. The normalized spacial score (nSPS) is 36.9. The van der Waals surface area contributed by atoms with Crippen LogP contribution in [-0.4, -0.2) is 127 Å². The molecule has 2 saturated heterocycles. The Kier molecular flexibility index (Phi) is 22.2. The number of amides is 1. The van der Waals surface area contributed by atoms with E-state index in [1.807, 2.05) is 32.9 Å². The molecule has 2 bridgehead atoms. The fourth-order valence-corrected chi connectivity index (χ4v) is 10.6. The molecule has 4 aliphatic rings. The Morgan fingerprint density at radius 3 is 2.26 bits per heavy atom. The van der Waals surface area contributed by atoms with E-state index in [4.69, 9.17) is 28.4 Å². The summed E-state index contributed by atoms with van der Waals surface area (Å²) >= 11 is 0. The number of allylic oxidation sites excluding steroid dienone is 4. The Bertz CT molecular complexity index is 1690. The molecule has 0 radical (unpaired) electrons. The number of hydrogen-bond donors (Lipinski definition) is 2. The number of hydrogen-bond acceptors (Lipinski definition) is 13. The highest BCUT2D eigenvalue weighted by atomic mass is 16.7. The van der Waals surface area contributed by atoms with Crippen LogP contribution in [0.4, 0.5) is 0 Å². The van der Waals surface area contributed by atoms with Gasteiger partial charge in [0.2, 0.25) is 5.79 Å². The monoisotopic (exact) mass is 930 g/mol. The van der Waals surface area contributed by atoms with Crippen molar-refractivity contribution in [2.45, 2.75) is 205 Å². The second-order valence-corrected chi connectivity index (χ2v) is 19.9. The van der Waals surface area contributed by atoms with E-state index in [2.05, 4.69) is 13.5 Å². The predicted molar refractivity (Wildman–Crippen MR) is 250 cm³/mol. The maximum absolute atomic E-state index is 14.5. The summed E-state index contributed by atoms with van der Waals surface area (Å²) in [6, 6.07) is -1.16. The number of aliphatic hydroxyl groups excluding tert-OH is 1. The number of piperidine rings is 1. The number of carbonyl (C=O) groups excluding carboxylic acids is 5. The van der Waals surface area contributed by atoms with Crippen LogP contribution in [0.3, 0.4) is 0 Å². The highest BCUT2D eigenvalue weighted by molar-refractivity contribution is 6.39. The van der Waals surface area contributed by atoms with Crippen LogP contribution in [-0.2, 0) is 52.4 Å². The summed E-state index contributed by atoms with van der Waals surface area (Å²) in [6.07, 6.45) is 10.5. The van der Waals surface area contributed by atoms with Crippen LogP contribution in [0.25, 0.3) is 0 Å². The van der Waals surface area contributed by atoms with Gasteiger partial charge in [-0.1, -0.05) is 77.2 Å². The van der Waals surface area contributed by atoms with Gasteiger partial charge < -0.3 is 43.5 Å². The van der Waals surface area contributed by atoms with Gasteiger partial charge in [0, 0.05) is 58.5 Å². The summed E-state index contributed by atoms with van der Waals surface area (Å²) in [5.74, 6) is -8.14. The molecule has 3 aliphatic heterocycles. The van der Waals surface area contributed by atoms with E-state index in [-0.39, 0.29) is 55.5 Å². The summed E-state index contributed by atoms with van der Waals surface area (Å²) in [6.45, 7) is 15.3. The van der Waals surface area contributed by atoms with Gasteiger partial charge in [-0.2, -0.15) is 0 Å². The summed E-state index contributed by atoms with van der Waals surface area (Å²) in [5, 5.41) is 24.0. The highest BCUT2D eigenvalue weighted by Gasteiger charge is 2.56. The first-order chi connectivity index (χ1) is 31.4. The van der Waals surface area contributed by atoms with Crippen LogP contribution in [0.2, 0.25) is 0 Å². The van der Waals surface area contributed by atoms with Crippen LogP contribution in [0.15, 0.2) is 36.0 Å². The number of rotatable bonds is 14. The molecule has 14 heteroatoms. The van der Waals surface area contributed by atoms with Crippen molar-refractivity contribution in [2.75, 3.05) is 27.9 Å². The fraction of sp³-hybridized carbons (Fsp3) is 0.788. The van der Waals surface area contributed by atoms with Crippen molar-refractivity contribution in [3.8, 4) is 0 Å². The van der Waals surface area contributed by atoms with Crippen LogP contribution >= 0.6 is 0 Å². The van der Waals surface area contributed by atoms with Gasteiger partial charge in [0.05, 0.1) is 24.4 Å². The molecule has 0 aromatic heterocycles. The molecule has 0 aromatic rings. The molecule has 4 rings (SSSR count). The average molecular weight is 930 g/mol. The molecular formula is C52H83NO13. The van der Waals surface area contributed by atoms with Gasteiger partial charge >= 0.3 is 11.9 Å². The zero-order valence-corrected chi connectivity index (χ0v) is 41.5. The molecule has 1 saturated carbocycles. The van der Waals surface area contributed by atoms with E-state index in [0.717, 1.165) is 37.7 Å². The second kappa shape index (κ2) is 26.5. The number of ether oxygens (including phenoxy) is 6. The van der Waals surface area contributed by atoms with Gasteiger partial charge in [0.25, 0.3) is 11.7 Å². The molecule has 14 nitrogen and oxygen atoms in total. The smallest absolute Gasteiger partial charge is 0.329 e. The standard InChI is InChI=1S/C52H83NO13/c1-11-13-14-15-16-21-46(56)64-42-23-22-37(30-43(42)61-8)28-34(5)47-36(7)40(54)31-41(55)38(19-12-2)26-32(3)25-33(4)27-44(62-9)48-45(63-10)29-35(6)52(60,66-48)49(57)50(58)53-24-18-17-20-39(53)51(59)65-47/h12,26,28,33,35-40,42-45,47-48,54,60H,2,11,13-25,27,29-31H2,1,3-10H3/b32-26+,34-28+/t33-,35+,36+,37-,38+,39-,40-,42+,43+,44-,45-,47?,48+,52+/m0/s1. The van der Waals surface area contributed by atoms with Gasteiger partial charge in [-0.15, -0.1) is 6.58 Å². The Morgan fingerprint density at radius 2 is 1.59 bits per heavy atom. The highest BCUT2D eigenvalue weighted by Crippen LogP contribution is 2.39. The molecule has 0 aromatic carbocycles. The number of aliphatic hydroxyl groups is 2. The number of methoxy groups -OCH3 is 3. The minimum absolute atomic E-state index is 0.00147. The van der Waals surface area contributed by atoms with Crippen molar-refractivity contribution in [3.05, 3.63) is 36.0 Å². The molecule has 374 valence electrons. The third kappa shape index (κ3) is 14.6. The Morgan fingerprint density at radius 1 is 0.909 bits per heavy atom. The molecule has 2 N–H and O–H groups in total. The number of nitrogens with zero attached hydrogens (tertiary/aromatic N) is 1. The zero-order chi connectivity index (χ0) is 48.7. The van der Waals surface area contributed by atoms with E-state index in [1.54, 1.807) is 27.0 Å². The van der Waals surface area contributed by atoms with E-state index >= 15 is 0 Å². The minimum Gasteiger partial charge on any atom is -0.460 e. The lowest BCUT2D eigenvalue weighted by Gasteiger charge is -2.47. The molecule has 3 fully saturated rings. The molecule has 14 atom stereocenters. The van der Waals surface area contributed by atoms with Gasteiger partial charge in [-0.05, 0) is 102 Å². The van der Waals surface area contributed by atoms with Crippen LogP contribution < -0.4 is 0 Å². The summed E-state index contributed by atoms with van der Waals surface area (Å²) in [4.78, 5) is 71.3. The van der Waals surface area contributed by atoms with Crippen molar-refractivity contribution in [1.82, 2.24) is 4.90 Å². The van der Waals surface area contributed by atoms with Gasteiger partial charge in [0.1, 0.15) is 30.1 Å². The Labute approximate surface area is 394 Å². The first kappa shape index (κ1) is 55.3. The number of Topliss-reactive ketones (excluding diaryl/α,β-unsaturated/α-hetero) is 2. The van der Waals surface area contributed by atoms with E-state index in [9.17, 15) is 34.2 Å². The van der Waals surface area contributed by atoms with Crippen molar-refractivity contribution in [2.24, 2.45) is 29.6 Å². The number of unbranched alkanes of at least 4 members (excludes halogenated alkanes) is 4. The summed E-state index contributed by atoms with van der Waals surface area (Å²) in [7, 11) is 4.66. The quantitative estimate of drug-likeness (QED) is 0.0754. The van der Waals surface area contributed by atoms with Gasteiger partial charge in [-0.25, -0.2) is 4.79 Å². The Hall–Kier alpha value is -3.27. The summed E-state index contributed by atoms with van der Waals surface area (Å²) in [5.41, 5.74) is 1.60. The first-order valence-corrected chi connectivity index (χ1v) is 24.8. The maximum Gasteiger partial charge on any atom is 0.329 e. The molecule has 1 amide bonds. The lowest BCUT2D eigenvalue weighted by Crippen LogP contribution is -2.64. The number of cyclic esters (lactones) is 1. The van der Waals surface area contributed by atoms with E-state index in [0.29, 0.717) is 63.4 Å². The van der Waals surface area contributed by atoms with Crippen LogP contribution in [0.5, 0.6) is 0 Å².